The predicted octanol–water partition coefficient (Wildman–Crippen LogP) is 2.35. The maximum Gasteiger partial charge on any atom is 0.0745 e. The Morgan fingerprint density at radius 3 is 2.05 bits per heavy atom. The van der Waals surface area contributed by atoms with Crippen molar-refractivity contribution in [2.45, 2.75) is 13.1 Å². The van der Waals surface area contributed by atoms with Gasteiger partial charge < -0.3 is 0 Å². The molecule has 0 spiro atoms. The van der Waals surface area contributed by atoms with Crippen LogP contribution in [0.2, 0.25) is 0 Å². The summed E-state index contributed by atoms with van der Waals surface area (Å²) in [7, 11) is 0. The summed E-state index contributed by atoms with van der Waals surface area (Å²) in [5.41, 5.74) is 21.5. The molecular formula is C16H10N4S. The highest BCUT2D eigenvalue weighted by molar-refractivity contribution is 7.78. The summed E-state index contributed by atoms with van der Waals surface area (Å²) in [5, 5.41) is 2.30. The predicted molar refractivity (Wildman–Crippen MR) is 83.0 cm³/mol. The first-order chi connectivity index (χ1) is 10.2. The molecule has 21 heavy (non-hydrogen) atoms. The van der Waals surface area contributed by atoms with Gasteiger partial charge in [-0.25, -0.2) is 0 Å². The lowest BCUT2D eigenvalue weighted by Gasteiger charge is -2.00. The summed E-state index contributed by atoms with van der Waals surface area (Å²) in [6, 6.07) is 10.6. The van der Waals surface area contributed by atoms with Gasteiger partial charge in [0, 0.05) is 11.1 Å². The zero-order chi connectivity index (χ0) is 15.1. The quantitative estimate of drug-likeness (QED) is 0.494. The molecule has 0 saturated carbocycles. The Morgan fingerprint density at radius 1 is 0.952 bits per heavy atom. The molecule has 0 bridgehead atoms. The minimum absolute atomic E-state index is 0.188. The molecule has 1 heterocycles. The molecule has 0 atom stereocenters. The third kappa shape index (κ3) is 4.32. The minimum atomic E-state index is -0.188. The molecule has 5 heteroatoms. The van der Waals surface area contributed by atoms with Crippen LogP contribution in [0.5, 0.6) is 0 Å². The van der Waals surface area contributed by atoms with Crippen LogP contribution in [-0.2, 0) is 13.1 Å². The highest BCUT2D eigenvalue weighted by Gasteiger charge is 2.00. The lowest BCUT2D eigenvalue weighted by atomic mass is 10.1. The van der Waals surface area contributed by atoms with Crippen molar-refractivity contribution in [1.82, 2.24) is 16.5 Å². The molecule has 2 rings (SSSR count). The SMILES string of the molecule is [N]Cc1cc(C#Cc2ccc(N=C=S)cc2)cc(C[N])n1. The fourth-order valence-electron chi connectivity index (χ4n) is 1.70. The van der Waals surface area contributed by atoms with Crippen molar-refractivity contribution in [2.75, 3.05) is 0 Å². The Labute approximate surface area is 128 Å². The average Bonchev–Trinajstić information content (AvgIpc) is 2.54. The van der Waals surface area contributed by atoms with Crippen LogP contribution in [0.3, 0.4) is 0 Å². The van der Waals surface area contributed by atoms with Crippen molar-refractivity contribution in [3.63, 3.8) is 0 Å². The maximum absolute atomic E-state index is 9.13. The van der Waals surface area contributed by atoms with Crippen LogP contribution < -0.4 is 11.5 Å². The zero-order valence-corrected chi connectivity index (χ0v) is 11.9. The van der Waals surface area contributed by atoms with E-state index in [2.05, 4.69) is 39.2 Å². The van der Waals surface area contributed by atoms with E-state index in [0.717, 1.165) is 11.3 Å². The van der Waals surface area contributed by atoms with Crippen molar-refractivity contribution in [1.29, 1.82) is 0 Å². The van der Waals surface area contributed by atoms with E-state index in [1.165, 1.54) is 0 Å². The lowest BCUT2D eigenvalue weighted by Crippen LogP contribution is -1.98. The van der Waals surface area contributed by atoms with Gasteiger partial charge in [-0.3, -0.25) is 4.98 Å². The second-order valence-corrected chi connectivity index (χ2v) is 4.34. The zero-order valence-electron chi connectivity index (χ0n) is 11.1. The second kappa shape index (κ2) is 7.44. The second-order valence-electron chi connectivity index (χ2n) is 4.15. The van der Waals surface area contributed by atoms with Gasteiger partial charge in [0.2, 0.25) is 0 Å². The van der Waals surface area contributed by atoms with Gasteiger partial charge >= 0.3 is 0 Å². The molecule has 0 aliphatic rings. The summed E-state index contributed by atoms with van der Waals surface area (Å²) >= 11 is 4.54. The van der Waals surface area contributed by atoms with E-state index in [0.29, 0.717) is 17.0 Å². The van der Waals surface area contributed by atoms with E-state index in [-0.39, 0.29) is 13.1 Å². The molecule has 1 aromatic carbocycles. The Kier molecular flexibility index (Phi) is 5.33. The largest absolute Gasteiger partial charge is 0.255 e. The number of aliphatic imine (C=N–C) groups is 1. The fraction of sp³-hybridized carbons (Fsp3) is 0.125. The van der Waals surface area contributed by atoms with Gasteiger partial charge in [-0.2, -0.15) is 4.99 Å². The van der Waals surface area contributed by atoms with Gasteiger partial charge in [-0.1, -0.05) is 11.8 Å². The van der Waals surface area contributed by atoms with Gasteiger partial charge in [0.25, 0.3) is 0 Å². The molecule has 0 fully saturated rings. The molecule has 1 aromatic heterocycles. The molecule has 0 N–H and O–H groups in total. The van der Waals surface area contributed by atoms with E-state index < -0.39 is 0 Å². The van der Waals surface area contributed by atoms with Crippen LogP contribution in [0.15, 0.2) is 41.4 Å². The lowest BCUT2D eigenvalue weighted by molar-refractivity contribution is 0.888. The molecule has 4 nitrogen and oxygen atoms in total. The van der Waals surface area contributed by atoms with Gasteiger partial charge in [0.05, 0.1) is 35.3 Å². The van der Waals surface area contributed by atoms with Gasteiger partial charge in [-0.05, 0) is 48.6 Å². The van der Waals surface area contributed by atoms with Gasteiger partial charge in [0.15, 0.2) is 0 Å². The Morgan fingerprint density at radius 2 is 1.52 bits per heavy atom. The molecule has 2 aromatic rings. The standard InChI is InChI=1S/C16H10N4S/c17-9-15-7-13(8-16(10-18)20-15)2-1-12-3-5-14(6-4-12)19-11-21/h3-8H,9-10H2. The topological polar surface area (TPSA) is 69.8 Å². The molecule has 0 amide bonds. The van der Waals surface area contributed by atoms with Crippen molar-refractivity contribution < 1.29 is 0 Å². The molecule has 100 valence electrons. The Hall–Kier alpha value is -2.35. The molecular weight excluding hydrogens is 280 g/mol. The number of isothiocyanates is 1. The third-order valence-electron chi connectivity index (χ3n) is 2.65. The first-order valence-electron chi connectivity index (χ1n) is 6.16. The van der Waals surface area contributed by atoms with E-state index >= 15 is 0 Å². The van der Waals surface area contributed by atoms with Gasteiger partial charge in [-0.15, -0.1) is 11.5 Å². The van der Waals surface area contributed by atoms with Crippen molar-refractivity contribution in [3.8, 4) is 11.8 Å². The molecule has 0 aliphatic carbocycles. The number of benzene rings is 1. The number of pyridine rings is 1. The minimum Gasteiger partial charge on any atom is -0.255 e. The summed E-state index contributed by atoms with van der Waals surface area (Å²) in [6.45, 7) is -0.375. The van der Waals surface area contributed by atoms with Gasteiger partial charge in [0.1, 0.15) is 0 Å². The smallest absolute Gasteiger partial charge is 0.0745 e. The van der Waals surface area contributed by atoms with E-state index in [4.69, 9.17) is 11.5 Å². The molecule has 0 unspecified atom stereocenters. The molecule has 0 aliphatic heterocycles. The Bertz CT molecular complexity index is 713. The van der Waals surface area contributed by atoms with Crippen molar-refractivity contribution in [2.24, 2.45) is 4.99 Å². The average molecular weight is 290 g/mol. The van der Waals surface area contributed by atoms with Crippen LogP contribution in [0, 0.1) is 11.8 Å². The Balaban J connectivity index is 2.27. The highest BCUT2D eigenvalue weighted by Crippen LogP contribution is 2.12. The normalized spacial score (nSPS) is 9.43. The number of nitrogens with zero attached hydrogens (tertiary/aromatic N) is 4. The van der Waals surface area contributed by atoms with E-state index in [1.807, 2.05) is 12.1 Å². The fourth-order valence-corrected chi connectivity index (χ4v) is 1.81. The summed E-state index contributed by atoms with van der Waals surface area (Å²) in [5.74, 6) is 5.99. The first kappa shape index (κ1) is 15.0. The summed E-state index contributed by atoms with van der Waals surface area (Å²) in [4.78, 5) is 7.92. The third-order valence-corrected chi connectivity index (χ3v) is 2.74. The summed E-state index contributed by atoms with van der Waals surface area (Å²) in [6.07, 6.45) is 0. The van der Waals surface area contributed by atoms with Crippen molar-refractivity contribution >= 4 is 23.1 Å². The van der Waals surface area contributed by atoms with E-state index in [9.17, 15) is 0 Å². The van der Waals surface area contributed by atoms with Crippen LogP contribution in [0.25, 0.3) is 0 Å². The number of hydrogen-bond acceptors (Lipinski definition) is 3. The first-order valence-corrected chi connectivity index (χ1v) is 6.57. The van der Waals surface area contributed by atoms with E-state index in [1.54, 1.807) is 24.3 Å². The molecule has 4 radical (unpaired) electrons. The van der Waals surface area contributed by atoms with Crippen LogP contribution >= 0.6 is 12.2 Å². The number of aromatic nitrogens is 1. The van der Waals surface area contributed by atoms with Crippen molar-refractivity contribution in [3.05, 3.63) is 58.9 Å². The molecule has 0 saturated heterocycles. The number of hydrogen-bond donors (Lipinski definition) is 0. The number of rotatable bonds is 3. The maximum atomic E-state index is 9.13. The monoisotopic (exact) mass is 290 g/mol. The van der Waals surface area contributed by atoms with Crippen LogP contribution in [-0.4, -0.2) is 10.1 Å². The highest BCUT2D eigenvalue weighted by atomic mass is 32.1. The summed E-state index contributed by atoms with van der Waals surface area (Å²) < 4.78 is 0. The van der Waals surface area contributed by atoms with Crippen LogP contribution in [0.4, 0.5) is 5.69 Å². The number of thiocarbonyl (C=S) groups is 1. The van der Waals surface area contributed by atoms with Crippen LogP contribution in [0.1, 0.15) is 22.5 Å².